The predicted octanol–water partition coefficient (Wildman–Crippen LogP) is 2.35. The first-order chi connectivity index (χ1) is 12.2. The highest BCUT2D eigenvalue weighted by molar-refractivity contribution is 5.49. The molecule has 0 bridgehead atoms. The van der Waals surface area contributed by atoms with Crippen LogP contribution in [0.1, 0.15) is 37.2 Å². The van der Waals surface area contributed by atoms with Gasteiger partial charge < -0.3 is 19.4 Å². The molecule has 0 aliphatic carbocycles. The Bertz CT molecular complexity index is 743. The number of benzene rings is 1. The summed E-state index contributed by atoms with van der Waals surface area (Å²) in [6.45, 7) is 7.62. The number of nitrogens with zero attached hydrogens (tertiary/aromatic N) is 3. The van der Waals surface area contributed by atoms with Crippen LogP contribution in [0.5, 0.6) is 11.5 Å². The topological polar surface area (TPSA) is 61.2 Å². The zero-order valence-electron chi connectivity index (χ0n) is 15.0. The average Bonchev–Trinajstić information content (AvgIpc) is 3.20. The lowest BCUT2D eigenvalue weighted by molar-refractivity contribution is 0.251. The number of ether oxygens (including phenoxy) is 2. The molecule has 1 N–H and O–H groups in total. The van der Waals surface area contributed by atoms with E-state index in [9.17, 15) is 0 Å². The molecule has 0 radical (unpaired) electrons. The standard InChI is InChI=1S/C19H26N4O2/c1-3-24-17-7-15-6-13(2)25-19(15)16(8-17)10-20-9-14-4-5-18-22-21-12-23(18)11-14/h7-8,12-14,20H,3-6,9-11H2,1-2H3/t13-,14-/m1/s1. The molecule has 2 atom stereocenters. The van der Waals surface area contributed by atoms with Crippen LogP contribution < -0.4 is 14.8 Å². The van der Waals surface area contributed by atoms with Gasteiger partial charge in [0.05, 0.1) is 6.61 Å². The normalized spacial score (nSPS) is 21.5. The summed E-state index contributed by atoms with van der Waals surface area (Å²) >= 11 is 0. The summed E-state index contributed by atoms with van der Waals surface area (Å²) in [6.07, 6.45) is 5.23. The number of hydrogen-bond donors (Lipinski definition) is 1. The third kappa shape index (κ3) is 3.49. The molecule has 4 rings (SSSR count). The third-order valence-corrected chi connectivity index (χ3v) is 5.03. The lowest BCUT2D eigenvalue weighted by atomic mass is 9.99. The van der Waals surface area contributed by atoms with Gasteiger partial charge in [-0.2, -0.15) is 0 Å². The molecule has 0 amide bonds. The van der Waals surface area contributed by atoms with E-state index in [2.05, 4.69) is 39.1 Å². The molecule has 6 nitrogen and oxygen atoms in total. The van der Waals surface area contributed by atoms with Crippen molar-refractivity contribution < 1.29 is 9.47 Å². The molecule has 0 spiro atoms. The molecular formula is C19H26N4O2. The molecule has 3 heterocycles. The Kier molecular flexibility index (Phi) is 4.61. The minimum absolute atomic E-state index is 0.246. The summed E-state index contributed by atoms with van der Waals surface area (Å²) in [6, 6.07) is 4.24. The Hall–Kier alpha value is -2.08. The van der Waals surface area contributed by atoms with Gasteiger partial charge in [-0.3, -0.25) is 0 Å². The van der Waals surface area contributed by atoms with E-state index in [1.54, 1.807) is 0 Å². The lowest BCUT2D eigenvalue weighted by Gasteiger charge is -2.23. The van der Waals surface area contributed by atoms with E-state index >= 15 is 0 Å². The minimum atomic E-state index is 0.246. The molecule has 0 saturated heterocycles. The summed E-state index contributed by atoms with van der Waals surface area (Å²) in [5, 5.41) is 11.8. The van der Waals surface area contributed by atoms with Crippen molar-refractivity contribution in [1.82, 2.24) is 20.1 Å². The fourth-order valence-corrected chi connectivity index (χ4v) is 3.86. The zero-order chi connectivity index (χ0) is 17.2. The Labute approximate surface area is 148 Å². The van der Waals surface area contributed by atoms with Crippen LogP contribution in [0.15, 0.2) is 18.5 Å². The van der Waals surface area contributed by atoms with E-state index in [1.165, 1.54) is 11.1 Å². The first kappa shape index (κ1) is 16.4. The van der Waals surface area contributed by atoms with E-state index in [-0.39, 0.29) is 6.10 Å². The van der Waals surface area contributed by atoms with Gasteiger partial charge in [0.25, 0.3) is 0 Å². The molecule has 2 aromatic rings. The average molecular weight is 342 g/mol. The van der Waals surface area contributed by atoms with Gasteiger partial charge in [-0.25, -0.2) is 0 Å². The highest BCUT2D eigenvalue weighted by Gasteiger charge is 2.24. The molecule has 6 heteroatoms. The molecule has 1 aromatic carbocycles. The number of hydrogen-bond acceptors (Lipinski definition) is 5. The highest BCUT2D eigenvalue weighted by Crippen LogP contribution is 2.36. The number of fused-ring (bicyclic) bond motifs is 2. The van der Waals surface area contributed by atoms with Gasteiger partial charge in [-0.1, -0.05) is 0 Å². The summed E-state index contributed by atoms with van der Waals surface area (Å²) in [5.41, 5.74) is 2.47. The quantitative estimate of drug-likeness (QED) is 0.873. The molecule has 0 fully saturated rings. The number of aromatic nitrogens is 3. The monoisotopic (exact) mass is 342 g/mol. The van der Waals surface area contributed by atoms with Crippen molar-refractivity contribution in [3.05, 3.63) is 35.4 Å². The maximum Gasteiger partial charge on any atom is 0.132 e. The number of nitrogens with one attached hydrogen (secondary N) is 1. The van der Waals surface area contributed by atoms with Gasteiger partial charge in [0.15, 0.2) is 0 Å². The van der Waals surface area contributed by atoms with E-state index in [4.69, 9.17) is 9.47 Å². The smallest absolute Gasteiger partial charge is 0.132 e. The van der Waals surface area contributed by atoms with Gasteiger partial charge in [0, 0.05) is 37.1 Å². The van der Waals surface area contributed by atoms with Crippen molar-refractivity contribution >= 4 is 0 Å². The van der Waals surface area contributed by atoms with E-state index < -0.39 is 0 Å². The van der Waals surface area contributed by atoms with Gasteiger partial charge in [0.2, 0.25) is 0 Å². The van der Waals surface area contributed by atoms with Gasteiger partial charge in [-0.05, 0) is 44.9 Å². The Morgan fingerprint density at radius 1 is 1.40 bits per heavy atom. The molecule has 0 saturated carbocycles. The second-order valence-corrected chi connectivity index (χ2v) is 7.07. The Balaban J connectivity index is 1.39. The van der Waals surface area contributed by atoms with Crippen LogP contribution >= 0.6 is 0 Å². The zero-order valence-corrected chi connectivity index (χ0v) is 15.0. The van der Waals surface area contributed by atoms with Crippen molar-refractivity contribution in [3.8, 4) is 11.5 Å². The lowest BCUT2D eigenvalue weighted by Crippen LogP contribution is -2.29. The summed E-state index contributed by atoms with van der Waals surface area (Å²) in [5.74, 6) is 3.73. The number of aryl methyl sites for hydroxylation is 1. The van der Waals surface area contributed by atoms with Crippen molar-refractivity contribution in [2.45, 2.75) is 52.3 Å². The van der Waals surface area contributed by atoms with Crippen LogP contribution in [-0.2, 0) is 25.9 Å². The van der Waals surface area contributed by atoms with E-state index in [0.717, 1.165) is 56.2 Å². The third-order valence-electron chi connectivity index (χ3n) is 5.03. The molecular weight excluding hydrogens is 316 g/mol. The summed E-state index contributed by atoms with van der Waals surface area (Å²) < 4.78 is 13.9. The fraction of sp³-hybridized carbons (Fsp3) is 0.579. The van der Waals surface area contributed by atoms with Gasteiger partial charge >= 0.3 is 0 Å². The SMILES string of the molecule is CCOc1cc(CNC[C@H]2CCc3nncn3C2)c2c(c1)C[C@@H](C)O2. The van der Waals surface area contributed by atoms with Crippen molar-refractivity contribution in [2.75, 3.05) is 13.2 Å². The molecule has 2 aliphatic heterocycles. The fourth-order valence-electron chi connectivity index (χ4n) is 3.86. The van der Waals surface area contributed by atoms with Crippen molar-refractivity contribution in [2.24, 2.45) is 5.92 Å². The van der Waals surface area contributed by atoms with Crippen LogP contribution in [0.25, 0.3) is 0 Å². The first-order valence-corrected chi connectivity index (χ1v) is 9.25. The second kappa shape index (κ2) is 7.04. The predicted molar refractivity (Wildman–Crippen MR) is 94.9 cm³/mol. The number of rotatable bonds is 6. The van der Waals surface area contributed by atoms with Gasteiger partial charge in [-0.15, -0.1) is 10.2 Å². The Morgan fingerprint density at radius 2 is 2.32 bits per heavy atom. The molecule has 0 unspecified atom stereocenters. The molecule has 25 heavy (non-hydrogen) atoms. The van der Waals surface area contributed by atoms with Crippen LogP contribution in [0.3, 0.4) is 0 Å². The van der Waals surface area contributed by atoms with Crippen molar-refractivity contribution in [1.29, 1.82) is 0 Å². The molecule has 134 valence electrons. The van der Waals surface area contributed by atoms with E-state index in [0.29, 0.717) is 12.5 Å². The van der Waals surface area contributed by atoms with Crippen LogP contribution in [0.4, 0.5) is 0 Å². The second-order valence-electron chi connectivity index (χ2n) is 7.07. The van der Waals surface area contributed by atoms with E-state index in [1.807, 2.05) is 13.3 Å². The largest absolute Gasteiger partial charge is 0.494 e. The van der Waals surface area contributed by atoms with Crippen molar-refractivity contribution in [3.63, 3.8) is 0 Å². The van der Waals surface area contributed by atoms with Gasteiger partial charge in [0.1, 0.15) is 29.8 Å². The summed E-state index contributed by atoms with van der Waals surface area (Å²) in [4.78, 5) is 0. The van der Waals surface area contributed by atoms with Crippen LogP contribution in [0.2, 0.25) is 0 Å². The van der Waals surface area contributed by atoms with Crippen LogP contribution in [0, 0.1) is 5.92 Å². The first-order valence-electron chi connectivity index (χ1n) is 9.25. The maximum absolute atomic E-state index is 6.03. The van der Waals surface area contributed by atoms with Crippen LogP contribution in [-0.4, -0.2) is 34.0 Å². The molecule has 1 aromatic heterocycles. The molecule has 2 aliphatic rings. The summed E-state index contributed by atoms with van der Waals surface area (Å²) in [7, 11) is 0. The Morgan fingerprint density at radius 3 is 3.20 bits per heavy atom. The minimum Gasteiger partial charge on any atom is -0.494 e. The highest BCUT2D eigenvalue weighted by atomic mass is 16.5. The maximum atomic E-state index is 6.03.